The van der Waals surface area contributed by atoms with Crippen LogP contribution in [0, 0.1) is 0 Å². The molecule has 0 radical (unpaired) electrons. The monoisotopic (exact) mass is 347 g/mol. The molecular weight excluding hydrogens is 339 g/mol. The molecule has 0 N–H and O–H groups in total. The molecule has 120 valence electrons. The van der Waals surface area contributed by atoms with Crippen molar-refractivity contribution in [3.05, 3.63) is 54.5 Å². The summed E-state index contributed by atoms with van der Waals surface area (Å²) in [6.07, 6.45) is -1.77. The zero-order valence-corrected chi connectivity index (χ0v) is 12.7. The minimum atomic E-state index is -4.50. The molecule has 9 heteroatoms. The number of rotatable bonds is 2. The fraction of sp³-hybridized carbons (Fsp3) is 0.0667. The van der Waals surface area contributed by atoms with Crippen LogP contribution in [-0.2, 0) is 6.18 Å². The molecule has 1 aromatic carbocycles. The van der Waals surface area contributed by atoms with Gasteiger partial charge in [0.1, 0.15) is 11.4 Å². The maximum Gasteiger partial charge on any atom is 0.433 e. The zero-order valence-electron chi connectivity index (χ0n) is 11.9. The number of hydrogen-bond donors (Lipinski definition) is 0. The third-order valence-electron chi connectivity index (χ3n) is 3.35. The maximum atomic E-state index is 12.7. The predicted molar refractivity (Wildman–Crippen MR) is 82.3 cm³/mol. The number of hydrogen-bond acceptors (Lipinski definition) is 5. The second kappa shape index (κ2) is 5.38. The first-order valence-corrected chi connectivity index (χ1v) is 7.60. The van der Waals surface area contributed by atoms with E-state index in [1.807, 2.05) is 30.3 Å². The molecule has 3 heterocycles. The largest absolute Gasteiger partial charge is 0.433 e. The van der Waals surface area contributed by atoms with E-state index in [0.717, 1.165) is 23.2 Å². The lowest BCUT2D eigenvalue weighted by atomic mass is 10.2. The molecule has 0 fully saturated rings. The second-order valence-electron chi connectivity index (χ2n) is 4.91. The van der Waals surface area contributed by atoms with E-state index in [4.69, 9.17) is 0 Å². The number of benzene rings is 1. The lowest BCUT2D eigenvalue weighted by Gasteiger charge is -2.05. The Balaban J connectivity index is 1.76. The Hall–Kier alpha value is -2.81. The van der Waals surface area contributed by atoms with E-state index >= 15 is 0 Å². The van der Waals surface area contributed by atoms with E-state index in [2.05, 4.69) is 19.3 Å². The van der Waals surface area contributed by atoms with Gasteiger partial charge in [0.2, 0.25) is 5.78 Å². The molecule has 0 aliphatic heterocycles. The van der Waals surface area contributed by atoms with Crippen molar-refractivity contribution >= 4 is 17.3 Å². The lowest BCUT2D eigenvalue weighted by Crippen LogP contribution is -2.09. The van der Waals surface area contributed by atoms with Crippen LogP contribution >= 0.6 is 11.5 Å². The smallest absolute Gasteiger partial charge is 0.281 e. The fourth-order valence-electron chi connectivity index (χ4n) is 2.22. The summed E-state index contributed by atoms with van der Waals surface area (Å²) in [5.41, 5.74) is 0.437. The summed E-state index contributed by atoms with van der Waals surface area (Å²) < 4.78 is 43.9. The minimum Gasteiger partial charge on any atom is -0.281 e. The lowest BCUT2D eigenvalue weighted by molar-refractivity contribution is -0.141. The Morgan fingerprint density at radius 2 is 1.79 bits per heavy atom. The Bertz CT molecular complexity index is 1010. The number of alkyl halides is 3. The van der Waals surface area contributed by atoms with Gasteiger partial charge in [0, 0.05) is 11.8 Å². The van der Waals surface area contributed by atoms with Crippen LogP contribution in [0.15, 0.2) is 48.8 Å². The highest BCUT2D eigenvalue weighted by atomic mass is 32.1. The van der Waals surface area contributed by atoms with Gasteiger partial charge in [0.05, 0.1) is 6.20 Å². The molecule has 0 saturated heterocycles. The fourth-order valence-corrected chi connectivity index (χ4v) is 2.91. The molecule has 0 aliphatic carbocycles. The summed E-state index contributed by atoms with van der Waals surface area (Å²) >= 11 is 1.15. The quantitative estimate of drug-likeness (QED) is 0.551. The zero-order chi connectivity index (χ0) is 16.7. The number of fused-ring (bicyclic) bond motifs is 1. The Morgan fingerprint density at radius 3 is 2.54 bits per heavy atom. The number of nitrogens with zero attached hydrogens (tertiary/aromatic N) is 5. The van der Waals surface area contributed by atoms with E-state index < -0.39 is 11.9 Å². The summed E-state index contributed by atoms with van der Waals surface area (Å²) in [5, 5.41) is 0.558. The molecule has 4 rings (SSSR count). The van der Waals surface area contributed by atoms with Gasteiger partial charge in [-0.2, -0.15) is 17.5 Å². The topological polar surface area (TPSA) is 56.0 Å². The third kappa shape index (κ3) is 2.52. The van der Waals surface area contributed by atoms with Gasteiger partial charge >= 0.3 is 6.18 Å². The van der Waals surface area contributed by atoms with Gasteiger partial charge in [-0.15, -0.1) is 0 Å². The summed E-state index contributed by atoms with van der Waals surface area (Å²) in [6.45, 7) is 0. The molecule has 4 aromatic rings. The molecule has 0 saturated carbocycles. The molecule has 5 nitrogen and oxygen atoms in total. The standard InChI is InChI=1S/C15H8F3N5S/c16-15(17,18)11-6-7-23-10(8-19-14(23)20-11)13-21-12(22-24-13)9-4-2-1-3-5-9/h1-8H. The first-order valence-electron chi connectivity index (χ1n) is 6.83. The van der Waals surface area contributed by atoms with Crippen LogP contribution in [0.5, 0.6) is 0 Å². The molecule has 0 atom stereocenters. The number of aromatic nitrogens is 5. The van der Waals surface area contributed by atoms with Crippen LogP contribution in [0.2, 0.25) is 0 Å². The first-order chi connectivity index (χ1) is 11.5. The van der Waals surface area contributed by atoms with Crippen molar-refractivity contribution in [2.75, 3.05) is 0 Å². The van der Waals surface area contributed by atoms with Crippen molar-refractivity contribution in [3.63, 3.8) is 0 Å². The molecular formula is C15H8F3N5S. The Morgan fingerprint density at radius 1 is 1.00 bits per heavy atom. The Kier molecular flexibility index (Phi) is 3.31. The predicted octanol–water partition coefficient (Wildman–Crippen LogP) is 3.93. The molecule has 0 bridgehead atoms. The van der Waals surface area contributed by atoms with Crippen molar-refractivity contribution < 1.29 is 13.2 Å². The van der Waals surface area contributed by atoms with Gasteiger partial charge in [-0.1, -0.05) is 30.3 Å². The molecule has 0 aliphatic rings. The summed E-state index contributed by atoms with van der Waals surface area (Å²) in [4.78, 5) is 11.9. The SMILES string of the molecule is FC(F)(F)c1ccn2c(-c3nc(-c4ccccc4)ns3)cnc2n1. The van der Waals surface area contributed by atoms with Crippen LogP contribution in [0.1, 0.15) is 5.69 Å². The van der Waals surface area contributed by atoms with Gasteiger partial charge < -0.3 is 0 Å². The summed E-state index contributed by atoms with van der Waals surface area (Å²) in [7, 11) is 0. The summed E-state index contributed by atoms with van der Waals surface area (Å²) in [5.74, 6) is 0.529. The van der Waals surface area contributed by atoms with Crippen molar-refractivity contribution in [1.82, 2.24) is 23.7 Å². The van der Waals surface area contributed by atoms with Crippen molar-refractivity contribution in [1.29, 1.82) is 0 Å². The van der Waals surface area contributed by atoms with Crippen LogP contribution in [0.3, 0.4) is 0 Å². The van der Waals surface area contributed by atoms with E-state index in [-0.39, 0.29) is 5.78 Å². The van der Waals surface area contributed by atoms with Gasteiger partial charge in [-0.05, 0) is 17.6 Å². The second-order valence-corrected chi connectivity index (χ2v) is 5.66. The van der Waals surface area contributed by atoms with Gasteiger partial charge in [-0.25, -0.2) is 15.0 Å². The van der Waals surface area contributed by atoms with Crippen LogP contribution in [0.25, 0.3) is 27.9 Å². The highest BCUT2D eigenvalue weighted by molar-refractivity contribution is 7.09. The van der Waals surface area contributed by atoms with Gasteiger partial charge in [-0.3, -0.25) is 4.40 Å². The highest BCUT2D eigenvalue weighted by Crippen LogP contribution is 2.30. The van der Waals surface area contributed by atoms with E-state index in [1.165, 1.54) is 16.8 Å². The normalized spacial score (nSPS) is 12.0. The number of imidazole rings is 1. The molecule has 0 amide bonds. The maximum absolute atomic E-state index is 12.7. The molecule has 3 aromatic heterocycles. The van der Waals surface area contributed by atoms with Crippen molar-refractivity contribution in [2.45, 2.75) is 6.18 Å². The highest BCUT2D eigenvalue weighted by Gasteiger charge is 2.33. The summed E-state index contributed by atoms with van der Waals surface area (Å²) in [6, 6.07) is 10.3. The molecule has 0 spiro atoms. The van der Waals surface area contributed by atoms with Crippen LogP contribution < -0.4 is 0 Å². The first kappa shape index (κ1) is 14.8. The van der Waals surface area contributed by atoms with Crippen LogP contribution in [-0.4, -0.2) is 23.7 Å². The minimum absolute atomic E-state index is 0.0312. The van der Waals surface area contributed by atoms with Gasteiger partial charge in [0.15, 0.2) is 10.8 Å². The Labute approximate surface area is 137 Å². The van der Waals surface area contributed by atoms with E-state index in [0.29, 0.717) is 16.5 Å². The molecule has 24 heavy (non-hydrogen) atoms. The molecule has 0 unspecified atom stereocenters. The number of halogens is 3. The van der Waals surface area contributed by atoms with Gasteiger partial charge in [0.25, 0.3) is 0 Å². The van der Waals surface area contributed by atoms with E-state index in [1.54, 1.807) is 0 Å². The van der Waals surface area contributed by atoms with E-state index in [9.17, 15) is 13.2 Å². The van der Waals surface area contributed by atoms with Crippen molar-refractivity contribution in [2.24, 2.45) is 0 Å². The average molecular weight is 347 g/mol. The van der Waals surface area contributed by atoms with Crippen LogP contribution in [0.4, 0.5) is 13.2 Å². The third-order valence-corrected chi connectivity index (χ3v) is 4.08. The average Bonchev–Trinajstić information content (AvgIpc) is 3.21. The van der Waals surface area contributed by atoms with Crippen molar-refractivity contribution in [3.8, 4) is 22.1 Å².